The van der Waals surface area contributed by atoms with E-state index in [0.29, 0.717) is 10.8 Å². The predicted molar refractivity (Wildman–Crippen MR) is 171 cm³/mol. The van der Waals surface area contributed by atoms with Crippen LogP contribution in [0, 0.1) is 6.92 Å². The van der Waals surface area contributed by atoms with Crippen molar-refractivity contribution in [3.05, 3.63) is 94.5 Å². The molecular formula is C33H40ClN3O5S. The highest BCUT2D eigenvalue weighted by molar-refractivity contribution is 7.92. The molecule has 10 heteroatoms. The molecule has 1 fully saturated rings. The average molecular weight is 626 g/mol. The van der Waals surface area contributed by atoms with Crippen LogP contribution in [0.4, 0.5) is 5.69 Å². The van der Waals surface area contributed by atoms with Crippen molar-refractivity contribution in [2.75, 3.05) is 24.2 Å². The number of carbonyl (C=O) groups is 2. The predicted octanol–water partition coefficient (Wildman–Crippen LogP) is 5.51. The molecule has 1 aliphatic carbocycles. The van der Waals surface area contributed by atoms with E-state index in [1.807, 2.05) is 43.3 Å². The maximum Gasteiger partial charge on any atom is 0.244 e. The standard InChI is InChI=1S/C33H40ClN3O5S/c1-24-14-19-31(42-2)29(20-24)37(43(3,40)41)23-32(38)36(22-26-15-17-27(34)18-16-26)30(21-25-10-6-4-7-11-25)33(39)35-28-12-8-5-9-13-28/h4,6-7,10-11,14-20,28,30H,5,8-9,12-13,21-23H2,1-3H3,(H,35,39). The van der Waals surface area contributed by atoms with Crippen molar-refractivity contribution in [1.29, 1.82) is 0 Å². The lowest BCUT2D eigenvalue weighted by Crippen LogP contribution is -2.55. The lowest BCUT2D eigenvalue weighted by atomic mass is 9.94. The highest BCUT2D eigenvalue weighted by Gasteiger charge is 2.34. The second kappa shape index (κ2) is 14.8. The fourth-order valence-corrected chi connectivity index (χ4v) is 6.45. The van der Waals surface area contributed by atoms with Gasteiger partial charge >= 0.3 is 0 Å². The Morgan fingerprint density at radius 2 is 1.65 bits per heavy atom. The second-order valence-electron chi connectivity index (χ2n) is 11.1. The molecule has 8 nitrogen and oxygen atoms in total. The quantitative estimate of drug-likeness (QED) is 0.286. The number of hydrogen-bond acceptors (Lipinski definition) is 5. The number of anilines is 1. The van der Waals surface area contributed by atoms with E-state index in [4.69, 9.17) is 16.3 Å². The molecule has 0 heterocycles. The summed E-state index contributed by atoms with van der Waals surface area (Å²) in [4.78, 5) is 29.9. The smallest absolute Gasteiger partial charge is 0.244 e. The molecule has 1 aliphatic rings. The molecule has 43 heavy (non-hydrogen) atoms. The number of hydrogen-bond donors (Lipinski definition) is 1. The van der Waals surface area contributed by atoms with E-state index in [1.54, 1.807) is 36.4 Å². The number of benzene rings is 3. The molecule has 2 amide bonds. The first-order valence-corrected chi connectivity index (χ1v) is 16.8. The summed E-state index contributed by atoms with van der Waals surface area (Å²) in [5.74, 6) is -0.440. The molecule has 0 aliphatic heterocycles. The zero-order chi connectivity index (χ0) is 31.0. The number of methoxy groups -OCH3 is 1. The van der Waals surface area contributed by atoms with Crippen LogP contribution in [0.3, 0.4) is 0 Å². The summed E-state index contributed by atoms with van der Waals surface area (Å²) in [5.41, 5.74) is 2.72. The molecule has 1 N–H and O–H groups in total. The highest BCUT2D eigenvalue weighted by atomic mass is 35.5. The Bertz CT molecular complexity index is 1490. The Kier molecular flexibility index (Phi) is 11.1. The molecule has 4 rings (SSSR count). The maximum atomic E-state index is 14.3. The monoisotopic (exact) mass is 625 g/mol. The summed E-state index contributed by atoms with van der Waals surface area (Å²) in [5, 5.41) is 3.75. The number of rotatable bonds is 12. The van der Waals surface area contributed by atoms with Crippen molar-refractivity contribution in [3.8, 4) is 5.75 Å². The van der Waals surface area contributed by atoms with Gasteiger partial charge in [0.2, 0.25) is 21.8 Å². The molecule has 0 spiro atoms. The van der Waals surface area contributed by atoms with Crippen LogP contribution < -0.4 is 14.4 Å². The van der Waals surface area contributed by atoms with Gasteiger partial charge in [-0.3, -0.25) is 13.9 Å². The van der Waals surface area contributed by atoms with Crippen LogP contribution in [-0.2, 0) is 32.6 Å². The number of nitrogens with one attached hydrogen (secondary N) is 1. The zero-order valence-corrected chi connectivity index (χ0v) is 26.5. The summed E-state index contributed by atoms with van der Waals surface area (Å²) in [6.07, 6.45) is 6.35. The lowest BCUT2D eigenvalue weighted by molar-refractivity contribution is -0.140. The third kappa shape index (κ3) is 8.97. The van der Waals surface area contributed by atoms with Gasteiger partial charge in [-0.1, -0.05) is 79.4 Å². The third-order valence-corrected chi connectivity index (χ3v) is 9.15. The summed E-state index contributed by atoms with van der Waals surface area (Å²) in [6.45, 7) is 1.42. The van der Waals surface area contributed by atoms with Gasteiger partial charge < -0.3 is 15.0 Å². The van der Waals surface area contributed by atoms with E-state index in [2.05, 4.69) is 5.32 Å². The van der Waals surface area contributed by atoms with Crippen molar-refractivity contribution in [2.24, 2.45) is 0 Å². The van der Waals surface area contributed by atoms with E-state index >= 15 is 0 Å². The van der Waals surface area contributed by atoms with E-state index < -0.39 is 28.5 Å². The largest absolute Gasteiger partial charge is 0.495 e. The van der Waals surface area contributed by atoms with E-state index in [1.165, 1.54) is 12.0 Å². The molecule has 1 saturated carbocycles. The van der Waals surface area contributed by atoms with E-state index in [9.17, 15) is 18.0 Å². The molecule has 1 unspecified atom stereocenters. The first-order valence-electron chi connectivity index (χ1n) is 14.6. The zero-order valence-electron chi connectivity index (χ0n) is 25.0. The first kappa shape index (κ1) is 32.4. The molecule has 0 bridgehead atoms. The topological polar surface area (TPSA) is 96.0 Å². The average Bonchev–Trinajstić information content (AvgIpc) is 2.99. The molecule has 0 aromatic heterocycles. The Balaban J connectivity index is 1.75. The number of nitrogens with zero attached hydrogens (tertiary/aromatic N) is 2. The SMILES string of the molecule is COc1ccc(C)cc1N(CC(=O)N(Cc1ccc(Cl)cc1)C(Cc1ccccc1)C(=O)NC1CCCCC1)S(C)(=O)=O. The number of sulfonamides is 1. The maximum absolute atomic E-state index is 14.3. The summed E-state index contributed by atoms with van der Waals surface area (Å²) < 4.78 is 32.8. The fourth-order valence-electron chi connectivity index (χ4n) is 5.47. The molecule has 3 aromatic carbocycles. The minimum absolute atomic E-state index is 0.0380. The Morgan fingerprint density at radius 1 is 0.977 bits per heavy atom. The van der Waals surface area contributed by atoms with Gasteiger partial charge in [0.05, 0.1) is 19.1 Å². The van der Waals surface area contributed by atoms with Gasteiger partial charge in [-0.15, -0.1) is 0 Å². The first-order chi connectivity index (χ1) is 20.5. The second-order valence-corrected chi connectivity index (χ2v) is 13.5. The number of aryl methyl sites for hydroxylation is 1. The van der Waals surface area contributed by atoms with Gasteiger partial charge in [0.15, 0.2) is 0 Å². The van der Waals surface area contributed by atoms with E-state index in [0.717, 1.165) is 59.4 Å². The third-order valence-electron chi connectivity index (χ3n) is 7.77. The van der Waals surface area contributed by atoms with Crippen molar-refractivity contribution >= 4 is 39.1 Å². The Hall–Kier alpha value is -3.56. The van der Waals surface area contributed by atoms with Crippen molar-refractivity contribution in [3.63, 3.8) is 0 Å². The van der Waals surface area contributed by atoms with E-state index in [-0.39, 0.29) is 30.6 Å². The Labute approximate surface area is 260 Å². The summed E-state index contributed by atoms with van der Waals surface area (Å²) >= 11 is 6.14. The Morgan fingerprint density at radius 3 is 2.28 bits per heavy atom. The van der Waals surface area contributed by atoms with Gasteiger partial charge in [-0.05, 0) is 60.7 Å². The molecule has 230 valence electrons. The van der Waals surface area contributed by atoms with Crippen LogP contribution >= 0.6 is 11.6 Å². The molecule has 1 atom stereocenters. The van der Waals surface area contributed by atoms with Gasteiger partial charge in [-0.2, -0.15) is 0 Å². The minimum Gasteiger partial charge on any atom is -0.495 e. The van der Waals surface area contributed by atoms with Crippen LogP contribution in [0.15, 0.2) is 72.8 Å². The van der Waals surface area contributed by atoms with Crippen molar-refractivity contribution in [2.45, 2.75) is 64.1 Å². The highest BCUT2D eigenvalue weighted by Crippen LogP contribution is 2.31. The molecule has 0 saturated heterocycles. The normalized spacial score (nSPS) is 14.5. The lowest BCUT2D eigenvalue weighted by Gasteiger charge is -2.35. The summed E-state index contributed by atoms with van der Waals surface area (Å²) in [6, 6.07) is 20.9. The van der Waals surface area contributed by atoms with Gasteiger partial charge in [-0.25, -0.2) is 8.42 Å². The number of carbonyl (C=O) groups excluding carboxylic acids is 2. The van der Waals surface area contributed by atoms with Gasteiger partial charge in [0, 0.05) is 24.0 Å². The van der Waals surface area contributed by atoms with Crippen molar-refractivity contribution < 1.29 is 22.7 Å². The summed E-state index contributed by atoms with van der Waals surface area (Å²) in [7, 11) is -2.46. The molecular weight excluding hydrogens is 586 g/mol. The van der Waals surface area contributed by atoms with Gasteiger partial charge in [0.1, 0.15) is 18.3 Å². The number of ether oxygens (including phenoxy) is 1. The van der Waals surface area contributed by atoms with Crippen LogP contribution in [0.2, 0.25) is 5.02 Å². The van der Waals surface area contributed by atoms with Crippen molar-refractivity contribution in [1.82, 2.24) is 10.2 Å². The fraction of sp³-hybridized carbons (Fsp3) is 0.394. The van der Waals surface area contributed by atoms with Crippen LogP contribution in [0.25, 0.3) is 0 Å². The molecule has 3 aromatic rings. The number of halogens is 1. The van der Waals surface area contributed by atoms with Crippen LogP contribution in [0.5, 0.6) is 5.75 Å². The van der Waals surface area contributed by atoms with Crippen LogP contribution in [0.1, 0.15) is 48.8 Å². The molecule has 0 radical (unpaired) electrons. The van der Waals surface area contributed by atoms with Crippen LogP contribution in [-0.4, -0.2) is 57.1 Å². The number of amides is 2. The van der Waals surface area contributed by atoms with Gasteiger partial charge in [0.25, 0.3) is 0 Å². The minimum atomic E-state index is -3.91.